The monoisotopic (exact) mass is 463 g/mol. The summed E-state index contributed by atoms with van der Waals surface area (Å²) in [5.41, 5.74) is 16.1. The lowest BCUT2D eigenvalue weighted by Crippen LogP contribution is -2.21. The second kappa shape index (κ2) is 8.95. The molecule has 168 valence electrons. The number of hydrogen-bond donors (Lipinski definition) is 3. The summed E-state index contributed by atoms with van der Waals surface area (Å²) in [4.78, 5) is 18.7. The zero-order chi connectivity index (χ0) is 23.6. The summed E-state index contributed by atoms with van der Waals surface area (Å²) in [6.45, 7) is 2.16. The molecule has 0 unspecified atom stereocenters. The summed E-state index contributed by atoms with van der Waals surface area (Å²) < 4.78 is 33.8. The van der Waals surface area contributed by atoms with Crippen LogP contribution in [0, 0.1) is 0 Å². The first-order valence-corrected chi connectivity index (χ1v) is 10.4. The van der Waals surface area contributed by atoms with E-state index in [0.717, 1.165) is 38.7 Å². The second-order valence-corrected chi connectivity index (χ2v) is 8.07. The lowest BCUT2D eigenvalue weighted by molar-refractivity contribution is -0.192. The topological polar surface area (TPSA) is 120 Å². The highest BCUT2D eigenvalue weighted by atomic mass is 32.2. The van der Waals surface area contributed by atoms with E-state index in [2.05, 4.69) is 51.8 Å². The summed E-state index contributed by atoms with van der Waals surface area (Å²) in [5, 5.41) is 9.02. The van der Waals surface area contributed by atoms with Crippen molar-refractivity contribution in [2.24, 2.45) is 7.05 Å². The minimum Gasteiger partial charge on any atom is -0.475 e. The Morgan fingerprint density at radius 3 is 2.34 bits per heavy atom. The summed E-state index contributed by atoms with van der Waals surface area (Å²) in [6.07, 6.45) is -3.05. The number of alkyl halides is 3. The van der Waals surface area contributed by atoms with Gasteiger partial charge in [0.2, 0.25) is 5.95 Å². The predicted octanol–water partition coefficient (Wildman–Crippen LogP) is 4.70. The van der Waals surface area contributed by atoms with Gasteiger partial charge in [-0.05, 0) is 35.6 Å². The van der Waals surface area contributed by atoms with Gasteiger partial charge in [0.25, 0.3) is 0 Å². The summed E-state index contributed by atoms with van der Waals surface area (Å²) in [7, 11) is 2.04. The highest BCUT2D eigenvalue weighted by Gasteiger charge is 2.38. The number of nitrogens with zero attached hydrogens (tertiary/aromatic N) is 3. The van der Waals surface area contributed by atoms with Gasteiger partial charge in [-0.1, -0.05) is 19.1 Å². The molecule has 0 saturated carbocycles. The fourth-order valence-corrected chi connectivity index (χ4v) is 3.95. The molecule has 7 nitrogen and oxygen atoms in total. The number of carboxylic acid groups (broad SMARTS) is 1. The molecule has 5 N–H and O–H groups in total. The van der Waals surface area contributed by atoms with E-state index in [0.29, 0.717) is 5.82 Å². The molecule has 0 amide bonds. The van der Waals surface area contributed by atoms with Crippen LogP contribution in [0.1, 0.15) is 6.92 Å². The molecule has 0 saturated heterocycles. The van der Waals surface area contributed by atoms with Crippen LogP contribution in [0.5, 0.6) is 0 Å². The number of aliphatic carboxylic acids is 1. The molecule has 0 bridgehead atoms. The molecule has 11 heteroatoms. The third-order valence-corrected chi connectivity index (χ3v) is 5.47. The van der Waals surface area contributed by atoms with Crippen LogP contribution in [0.15, 0.2) is 47.5 Å². The Bertz CT molecular complexity index is 1290. The van der Waals surface area contributed by atoms with Gasteiger partial charge in [0.05, 0.1) is 16.4 Å². The SMILES string of the molecule is CCSc1ccc(-c2cc3nc(N)nc(N)c3c3ccn(C)c23)cc1.O=C(O)C(F)(F)F. The molecular weight excluding hydrogens is 443 g/mol. The van der Waals surface area contributed by atoms with Crippen LogP contribution in [0.2, 0.25) is 0 Å². The van der Waals surface area contributed by atoms with Gasteiger partial charge in [0, 0.05) is 29.1 Å². The minimum atomic E-state index is -5.08. The Balaban J connectivity index is 0.000000360. The van der Waals surface area contributed by atoms with Gasteiger partial charge < -0.3 is 21.1 Å². The number of hydrogen-bond acceptors (Lipinski definition) is 6. The van der Waals surface area contributed by atoms with Crippen molar-refractivity contribution in [3.8, 4) is 11.1 Å². The van der Waals surface area contributed by atoms with Gasteiger partial charge >= 0.3 is 12.1 Å². The smallest absolute Gasteiger partial charge is 0.475 e. The molecule has 0 fully saturated rings. The molecule has 0 aliphatic carbocycles. The lowest BCUT2D eigenvalue weighted by Gasteiger charge is -2.11. The van der Waals surface area contributed by atoms with Gasteiger partial charge in [-0.25, -0.2) is 9.78 Å². The van der Waals surface area contributed by atoms with E-state index in [9.17, 15) is 13.2 Å². The average molecular weight is 463 g/mol. The van der Waals surface area contributed by atoms with E-state index in [1.165, 1.54) is 4.90 Å². The quantitative estimate of drug-likeness (QED) is 0.377. The van der Waals surface area contributed by atoms with Gasteiger partial charge in [0.1, 0.15) is 5.82 Å². The van der Waals surface area contributed by atoms with Crippen LogP contribution in [0.3, 0.4) is 0 Å². The Kier molecular flexibility index (Phi) is 6.49. The van der Waals surface area contributed by atoms with Gasteiger partial charge in [0.15, 0.2) is 0 Å². The molecule has 4 rings (SSSR count). The number of nitrogen functional groups attached to an aromatic ring is 2. The predicted molar refractivity (Wildman–Crippen MR) is 120 cm³/mol. The van der Waals surface area contributed by atoms with Crippen molar-refractivity contribution in [2.45, 2.75) is 18.0 Å². The van der Waals surface area contributed by atoms with Crippen molar-refractivity contribution in [3.63, 3.8) is 0 Å². The first-order valence-electron chi connectivity index (χ1n) is 9.37. The maximum atomic E-state index is 10.6. The van der Waals surface area contributed by atoms with Gasteiger partial charge in [-0.15, -0.1) is 11.8 Å². The van der Waals surface area contributed by atoms with Crippen molar-refractivity contribution in [2.75, 3.05) is 17.2 Å². The van der Waals surface area contributed by atoms with Crippen LogP contribution < -0.4 is 11.5 Å². The lowest BCUT2D eigenvalue weighted by atomic mass is 10.00. The van der Waals surface area contributed by atoms with E-state index >= 15 is 0 Å². The molecule has 32 heavy (non-hydrogen) atoms. The molecule has 0 atom stereocenters. The molecule has 4 aromatic rings. The minimum absolute atomic E-state index is 0.195. The van der Waals surface area contributed by atoms with Crippen molar-refractivity contribution in [1.82, 2.24) is 14.5 Å². The molecule has 0 aliphatic heterocycles. The normalized spacial score (nSPS) is 11.4. The average Bonchev–Trinajstić information content (AvgIpc) is 3.09. The Morgan fingerprint density at radius 2 is 1.78 bits per heavy atom. The van der Waals surface area contributed by atoms with E-state index < -0.39 is 12.1 Å². The zero-order valence-electron chi connectivity index (χ0n) is 17.1. The largest absolute Gasteiger partial charge is 0.490 e. The number of rotatable bonds is 3. The summed E-state index contributed by atoms with van der Waals surface area (Å²) in [6, 6.07) is 12.7. The van der Waals surface area contributed by atoms with Crippen molar-refractivity contribution in [3.05, 3.63) is 42.6 Å². The third kappa shape index (κ3) is 4.72. The van der Waals surface area contributed by atoms with Gasteiger partial charge in [-0.3, -0.25) is 0 Å². The van der Waals surface area contributed by atoms with Crippen molar-refractivity contribution in [1.29, 1.82) is 0 Å². The first kappa shape index (κ1) is 23.2. The number of nitrogens with two attached hydrogens (primary N) is 2. The standard InChI is InChI=1S/C19H19N5S.C2HF3O2/c1-3-25-12-6-4-11(5-7-12)14-10-15-16(18(20)23-19(21)22-15)13-8-9-24(2)17(13)14;3-2(4,5)1(6)7/h4-10H,3H2,1-2H3,(H4,20,21,22,23);(H,6,7). The van der Waals surface area contributed by atoms with Crippen molar-refractivity contribution >= 4 is 51.3 Å². The number of aromatic nitrogens is 3. The van der Waals surface area contributed by atoms with Crippen LogP contribution in [-0.4, -0.2) is 37.5 Å². The number of anilines is 2. The van der Waals surface area contributed by atoms with E-state index in [1.54, 1.807) is 0 Å². The Labute approximate surface area is 185 Å². The van der Waals surface area contributed by atoms with E-state index in [1.807, 2.05) is 31.1 Å². The number of benzene rings is 2. The van der Waals surface area contributed by atoms with Gasteiger partial charge in [-0.2, -0.15) is 18.2 Å². The maximum absolute atomic E-state index is 10.6. The maximum Gasteiger partial charge on any atom is 0.490 e. The van der Waals surface area contributed by atoms with E-state index in [-0.39, 0.29) is 5.95 Å². The third-order valence-electron chi connectivity index (χ3n) is 4.58. The molecular formula is C21H20F3N5O2S. The number of carboxylic acids is 1. The van der Waals surface area contributed by atoms with E-state index in [4.69, 9.17) is 21.4 Å². The number of thioether (sulfide) groups is 1. The molecule has 2 heterocycles. The Hall–Kier alpha value is -3.47. The number of halogens is 3. The fraction of sp³-hybridized carbons (Fsp3) is 0.190. The van der Waals surface area contributed by atoms with Crippen LogP contribution in [0.4, 0.5) is 24.9 Å². The highest BCUT2D eigenvalue weighted by Crippen LogP contribution is 2.37. The first-order chi connectivity index (χ1) is 15.0. The second-order valence-electron chi connectivity index (χ2n) is 6.73. The molecule has 0 radical (unpaired) electrons. The summed E-state index contributed by atoms with van der Waals surface area (Å²) >= 11 is 1.84. The number of carbonyl (C=O) groups is 1. The van der Waals surface area contributed by atoms with Crippen LogP contribution in [0.25, 0.3) is 32.9 Å². The highest BCUT2D eigenvalue weighted by molar-refractivity contribution is 7.99. The molecule has 0 aliphatic rings. The Morgan fingerprint density at radius 1 is 1.16 bits per heavy atom. The van der Waals surface area contributed by atoms with Crippen LogP contribution >= 0.6 is 11.8 Å². The summed E-state index contributed by atoms with van der Waals surface area (Å²) in [5.74, 6) is -1.08. The molecule has 2 aromatic carbocycles. The molecule has 2 aromatic heterocycles. The fourth-order valence-electron chi connectivity index (χ4n) is 3.28. The zero-order valence-corrected chi connectivity index (χ0v) is 18.0. The number of aryl methyl sites for hydroxylation is 1. The molecule has 0 spiro atoms. The van der Waals surface area contributed by atoms with Crippen LogP contribution in [-0.2, 0) is 11.8 Å². The number of fused-ring (bicyclic) bond motifs is 3. The van der Waals surface area contributed by atoms with Crippen molar-refractivity contribution < 1.29 is 23.1 Å².